The molecule has 5 nitrogen and oxygen atoms in total. The van der Waals surface area contributed by atoms with Crippen LogP contribution in [0, 0.1) is 0 Å². The Morgan fingerprint density at radius 1 is 0.920 bits per heavy atom. The van der Waals surface area contributed by atoms with E-state index in [0.717, 1.165) is 17.1 Å². The van der Waals surface area contributed by atoms with Crippen LogP contribution in [0.1, 0.15) is 22.5 Å². The van der Waals surface area contributed by atoms with E-state index in [0.29, 0.717) is 24.1 Å². The maximum Gasteiger partial charge on any atom is 0.248 e. The average Bonchev–Trinajstić information content (AvgIpc) is 3.10. The summed E-state index contributed by atoms with van der Waals surface area (Å²) >= 11 is 0. The van der Waals surface area contributed by atoms with E-state index in [-0.39, 0.29) is 5.91 Å². The van der Waals surface area contributed by atoms with Crippen molar-refractivity contribution in [3.05, 3.63) is 78.1 Å². The lowest BCUT2D eigenvalue weighted by Crippen LogP contribution is -2.13. The molecular formula is C20H18N2O3. The van der Waals surface area contributed by atoms with Crippen LogP contribution in [0.5, 0.6) is 0 Å². The zero-order chi connectivity index (χ0) is 17.6. The van der Waals surface area contributed by atoms with Gasteiger partial charge in [-0.2, -0.15) is 0 Å². The van der Waals surface area contributed by atoms with Gasteiger partial charge in [-0.1, -0.05) is 30.3 Å². The maximum atomic E-state index is 12.0. The molecule has 0 aliphatic carbocycles. The molecule has 0 bridgehead atoms. The molecule has 126 valence electrons. The van der Waals surface area contributed by atoms with Crippen molar-refractivity contribution in [2.24, 2.45) is 5.73 Å². The molecule has 1 heterocycles. The van der Waals surface area contributed by atoms with Gasteiger partial charge in [0.25, 0.3) is 0 Å². The molecule has 0 fully saturated rings. The second-order valence-electron chi connectivity index (χ2n) is 5.62. The Bertz CT molecular complexity index is 867. The number of nitrogens with two attached hydrogens (primary N) is 1. The highest BCUT2D eigenvalue weighted by Crippen LogP contribution is 2.22. The van der Waals surface area contributed by atoms with Crippen LogP contribution in [0.15, 0.2) is 71.1 Å². The van der Waals surface area contributed by atoms with Crippen LogP contribution in [0.3, 0.4) is 0 Å². The minimum absolute atomic E-state index is 0.121. The van der Waals surface area contributed by atoms with E-state index in [1.807, 2.05) is 42.5 Å². The fourth-order valence-electron chi connectivity index (χ4n) is 2.45. The number of anilines is 1. The first-order valence-electron chi connectivity index (χ1n) is 7.96. The number of nitrogens with one attached hydrogen (secondary N) is 1. The lowest BCUT2D eigenvalue weighted by Gasteiger charge is -2.05. The molecule has 3 rings (SSSR count). The molecule has 0 radical (unpaired) electrons. The highest BCUT2D eigenvalue weighted by Gasteiger charge is 2.08. The number of primary amides is 1. The zero-order valence-electron chi connectivity index (χ0n) is 13.6. The molecular weight excluding hydrogens is 316 g/mol. The first kappa shape index (κ1) is 16.5. The first-order valence-corrected chi connectivity index (χ1v) is 7.96. The van der Waals surface area contributed by atoms with Crippen molar-refractivity contribution < 1.29 is 14.0 Å². The number of hydrogen-bond acceptors (Lipinski definition) is 3. The molecule has 3 N–H and O–H groups in total. The monoisotopic (exact) mass is 334 g/mol. The third-order valence-corrected chi connectivity index (χ3v) is 3.77. The van der Waals surface area contributed by atoms with E-state index in [4.69, 9.17) is 10.2 Å². The van der Waals surface area contributed by atoms with Crippen LogP contribution in [0.25, 0.3) is 11.3 Å². The Morgan fingerprint density at radius 2 is 1.64 bits per heavy atom. The number of carbonyl (C=O) groups is 2. The summed E-state index contributed by atoms with van der Waals surface area (Å²) in [6, 6.07) is 20.1. The highest BCUT2D eigenvalue weighted by molar-refractivity contribution is 5.94. The Labute approximate surface area is 145 Å². The molecule has 0 aliphatic rings. The number of benzene rings is 2. The molecule has 0 aliphatic heterocycles. The van der Waals surface area contributed by atoms with Gasteiger partial charge in [0.1, 0.15) is 11.5 Å². The number of carbonyl (C=O) groups excluding carboxylic acids is 2. The number of hydrogen-bond donors (Lipinski definition) is 2. The lowest BCUT2D eigenvalue weighted by atomic mass is 10.2. The summed E-state index contributed by atoms with van der Waals surface area (Å²) in [5, 5.41) is 2.78. The molecule has 0 saturated carbocycles. The number of aryl methyl sites for hydroxylation is 1. The molecule has 0 saturated heterocycles. The van der Waals surface area contributed by atoms with E-state index >= 15 is 0 Å². The van der Waals surface area contributed by atoms with Crippen molar-refractivity contribution in [2.45, 2.75) is 12.8 Å². The van der Waals surface area contributed by atoms with E-state index in [1.165, 1.54) is 0 Å². The summed E-state index contributed by atoms with van der Waals surface area (Å²) in [6.07, 6.45) is 0.817. The van der Waals surface area contributed by atoms with Crippen LogP contribution in [-0.2, 0) is 11.2 Å². The molecule has 5 heteroatoms. The second kappa shape index (κ2) is 7.49. The van der Waals surface area contributed by atoms with Gasteiger partial charge in [0, 0.05) is 29.7 Å². The average molecular weight is 334 g/mol. The van der Waals surface area contributed by atoms with Crippen molar-refractivity contribution in [3.8, 4) is 11.3 Å². The standard InChI is InChI=1S/C20H18N2O3/c21-20(24)15-6-8-16(9-7-15)22-19(23)13-11-17-10-12-18(25-17)14-4-2-1-3-5-14/h1-10,12H,11,13H2,(H2,21,24)(H,22,23). The molecule has 0 spiro atoms. The first-order chi connectivity index (χ1) is 12.1. The predicted octanol–water partition coefficient (Wildman–Crippen LogP) is 3.62. The third-order valence-electron chi connectivity index (χ3n) is 3.77. The molecule has 2 amide bonds. The summed E-state index contributed by atoms with van der Waals surface area (Å²) in [5.74, 6) is 0.936. The van der Waals surface area contributed by atoms with Crippen LogP contribution in [0.4, 0.5) is 5.69 Å². The van der Waals surface area contributed by atoms with Crippen molar-refractivity contribution in [1.82, 2.24) is 0 Å². The maximum absolute atomic E-state index is 12.0. The van der Waals surface area contributed by atoms with Gasteiger partial charge in [-0.05, 0) is 36.4 Å². The van der Waals surface area contributed by atoms with Crippen molar-refractivity contribution >= 4 is 17.5 Å². The zero-order valence-corrected chi connectivity index (χ0v) is 13.6. The normalized spacial score (nSPS) is 10.4. The van der Waals surface area contributed by atoms with Gasteiger partial charge < -0.3 is 15.5 Å². The number of rotatable bonds is 6. The Hall–Kier alpha value is -3.34. The lowest BCUT2D eigenvalue weighted by molar-refractivity contribution is -0.116. The van der Waals surface area contributed by atoms with E-state index in [2.05, 4.69) is 5.32 Å². The van der Waals surface area contributed by atoms with Crippen LogP contribution in [-0.4, -0.2) is 11.8 Å². The summed E-state index contributed by atoms with van der Waals surface area (Å²) in [5.41, 5.74) is 7.22. The smallest absolute Gasteiger partial charge is 0.248 e. The van der Waals surface area contributed by atoms with E-state index < -0.39 is 5.91 Å². The number of furan rings is 1. The van der Waals surface area contributed by atoms with Gasteiger partial charge in [-0.15, -0.1) is 0 Å². The van der Waals surface area contributed by atoms with Crippen LogP contribution < -0.4 is 11.1 Å². The summed E-state index contributed by atoms with van der Waals surface area (Å²) < 4.78 is 5.78. The molecule has 0 atom stereocenters. The summed E-state index contributed by atoms with van der Waals surface area (Å²) in [7, 11) is 0. The molecule has 25 heavy (non-hydrogen) atoms. The van der Waals surface area contributed by atoms with Gasteiger partial charge in [0.05, 0.1) is 0 Å². The Morgan fingerprint density at radius 3 is 2.32 bits per heavy atom. The summed E-state index contributed by atoms with van der Waals surface area (Å²) in [4.78, 5) is 23.1. The van der Waals surface area contributed by atoms with Gasteiger partial charge in [0.2, 0.25) is 11.8 Å². The fourth-order valence-corrected chi connectivity index (χ4v) is 2.45. The fraction of sp³-hybridized carbons (Fsp3) is 0.100. The Balaban J connectivity index is 1.54. The van der Waals surface area contributed by atoms with Gasteiger partial charge in [0.15, 0.2) is 0 Å². The highest BCUT2D eigenvalue weighted by atomic mass is 16.3. The molecule has 0 unspecified atom stereocenters. The Kier molecular flexibility index (Phi) is 4.95. The predicted molar refractivity (Wildman–Crippen MR) is 96.1 cm³/mol. The minimum Gasteiger partial charge on any atom is -0.461 e. The van der Waals surface area contributed by atoms with Gasteiger partial charge in [-0.25, -0.2) is 0 Å². The van der Waals surface area contributed by atoms with Crippen molar-refractivity contribution in [3.63, 3.8) is 0 Å². The van der Waals surface area contributed by atoms with Gasteiger partial charge in [-0.3, -0.25) is 9.59 Å². The topological polar surface area (TPSA) is 85.3 Å². The quantitative estimate of drug-likeness (QED) is 0.722. The SMILES string of the molecule is NC(=O)c1ccc(NC(=O)CCc2ccc(-c3ccccc3)o2)cc1. The van der Waals surface area contributed by atoms with Crippen LogP contribution >= 0.6 is 0 Å². The molecule has 3 aromatic rings. The molecule has 2 aromatic carbocycles. The minimum atomic E-state index is -0.495. The third kappa shape index (κ3) is 4.35. The van der Waals surface area contributed by atoms with Gasteiger partial charge >= 0.3 is 0 Å². The summed E-state index contributed by atoms with van der Waals surface area (Å²) in [6.45, 7) is 0. The van der Waals surface area contributed by atoms with E-state index in [1.54, 1.807) is 24.3 Å². The number of amides is 2. The molecule has 1 aromatic heterocycles. The largest absolute Gasteiger partial charge is 0.461 e. The van der Waals surface area contributed by atoms with E-state index in [9.17, 15) is 9.59 Å². The second-order valence-corrected chi connectivity index (χ2v) is 5.62. The van der Waals surface area contributed by atoms with Crippen molar-refractivity contribution in [2.75, 3.05) is 5.32 Å². The van der Waals surface area contributed by atoms with Crippen LogP contribution in [0.2, 0.25) is 0 Å². The van der Waals surface area contributed by atoms with Crippen molar-refractivity contribution in [1.29, 1.82) is 0 Å².